The van der Waals surface area contributed by atoms with Crippen molar-refractivity contribution in [2.75, 3.05) is 12.4 Å². The van der Waals surface area contributed by atoms with Crippen LogP contribution in [0.3, 0.4) is 0 Å². The van der Waals surface area contributed by atoms with Crippen molar-refractivity contribution in [2.24, 2.45) is 0 Å². The lowest BCUT2D eigenvalue weighted by Gasteiger charge is -2.07. The summed E-state index contributed by atoms with van der Waals surface area (Å²) in [6.07, 6.45) is 4.40. The lowest BCUT2D eigenvalue weighted by Crippen LogP contribution is -2.09. The largest absolute Gasteiger partial charge is 0.495 e. The number of rotatable bonds is 5. The fourth-order valence-corrected chi connectivity index (χ4v) is 2.36. The average Bonchev–Trinajstić information content (AvgIpc) is 3.09. The van der Waals surface area contributed by atoms with E-state index in [2.05, 4.69) is 15.4 Å². The predicted molar refractivity (Wildman–Crippen MR) is 97.4 cm³/mol. The fraction of sp³-hybridized carbons (Fsp3) is 0.0556. The Labute approximate surface area is 149 Å². The highest BCUT2D eigenvalue weighted by Gasteiger charge is 2.05. The first-order chi connectivity index (χ1) is 12.2. The molecule has 1 N–H and O–H groups in total. The summed E-state index contributed by atoms with van der Waals surface area (Å²) in [5.41, 5.74) is 1.40. The molecule has 3 aromatic rings. The number of aromatic nitrogens is 3. The molecular weight excluding hydrogens is 340 g/mol. The standard InChI is InChI=1S/C18H15ClN4O2/c1-25-16-8-3-2-7-15(16)21-17(24)9-10-23-12-20-18(22-23)13-5-4-6-14(19)11-13/h2-12H,1H3,(H,21,24)/b10-9+. The summed E-state index contributed by atoms with van der Waals surface area (Å²) < 4.78 is 6.65. The van der Waals surface area contributed by atoms with Crippen molar-refractivity contribution in [3.8, 4) is 17.1 Å². The summed E-state index contributed by atoms with van der Waals surface area (Å²) in [6.45, 7) is 0. The van der Waals surface area contributed by atoms with Gasteiger partial charge in [0.1, 0.15) is 12.1 Å². The minimum absolute atomic E-state index is 0.302. The Morgan fingerprint density at radius 1 is 1.24 bits per heavy atom. The third kappa shape index (κ3) is 4.24. The van der Waals surface area contributed by atoms with Crippen LogP contribution in [0.2, 0.25) is 5.02 Å². The van der Waals surface area contributed by atoms with Crippen molar-refractivity contribution in [3.63, 3.8) is 0 Å². The van der Waals surface area contributed by atoms with E-state index in [1.165, 1.54) is 23.3 Å². The van der Waals surface area contributed by atoms with Crippen LogP contribution in [0.5, 0.6) is 5.75 Å². The zero-order valence-corrected chi connectivity index (χ0v) is 14.1. The smallest absolute Gasteiger partial charge is 0.250 e. The maximum Gasteiger partial charge on any atom is 0.250 e. The van der Waals surface area contributed by atoms with E-state index < -0.39 is 0 Å². The van der Waals surface area contributed by atoms with Gasteiger partial charge < -0.3 is 10.1 Å². The number of amides is 1. The van der Waals surface area contributed by atoms with Gasteiger partial charge in [-0.3, -0.25) is 4.79 Å². The number of nitrogens with one attached hydrogen (secondary N) is 1. The number of hydrogen-bond donors (Lipinski definition) is 1. The van der Waals surface area contributed by atoms with Crippen molar-refractivity contribution >= 4 is 29.4 Å². The number of para-hydroxylation sites is 2. The second-order valence-corrected chi connectivity index (χ2v) is 5.50. The number of halogens is 1. The maximum absolute atomic E-state index is 12.0. The Balaban J connectivity index is 1.69. The summed E-state index contributed by atoms with van der Waals surface area (Å²) >= 11 is 5.97. The summed E-state index contributed by atoms with van der Waals surface area (Å²) in [7, 11) is 1.55. The number of hydrogen-bond acceptors (Lipinski definition) is 4. The Hall–Kier alpha value is -3.12. The number of carbonyl (C=O) groups excluding carboxylic acids is 1. The second-order valence-electron chi connectivity index (χ2n) is 5.06. The van der Waals surface area contributed by atoms with E-state index in [0.717, 1.165) is 5.56 Å². The van der Waals surface area contributed by atoms with Gasteiger partial charge in [0, 0.05) is 22.9 Å². The maximum atomic E-state index is 12.0. The molecule has 7 heteroatoms. The zero-order chi connectivity index (χ0) is 17.6. The second kappa shape index (κ2) is 7.63. The van der Waals surface area contributed by atoms with Crippen molar-refractivity contribution in [1.29, 1.82) is 0 Å². The lowest BCUT2D eigenvalue weighted by atomic mass is 10.2. The summed E-state index contributed by atoms with van der Waals surface area (Å²) in [5, 5.41) is 7.65. The van der Waals surface area contributed by atoms with Gasteiger partial charge in [0.2, 0.25) is 5.91 Å². The number of methoxy groups -OCH3 is 1. The first-order valence-electron chi connectivity index (χ1n) is 7.45. The Morgan fingerprint density at radius 2 is 2.08 bits per heavy atom. The van der Waals surface area contributed by atoms with Gasteiger partial charge in [0.05, 0.1) is 12.8 Å². The van der Waals surface area contributed by atoms with Gasteiger partial charge in [0.15, 0.2) is 5.82 Å². The topological polar surface area (TPSA) is 69.0 Å². The highest BCUT2D eigenvalue weighted by atomic mass is 35.5. The SMILES string of the molecule is COc1ccccc1NC(=O)/C=C/n1cnc(-c2cccc(Cl)c2)n1. The van der Waals surface area contributed by atoms with Crippen LogP contribution in [0, 0.1) is 0 Å². The van der Waals surface area contributed by atoms with Gasteiger partial charge in [-0.2, -0.15) is 0 Å². The molecule has 0 aliphatic carbocycles. The quantitative estimate of drug-likeness (QED) is 0.709. The van der Waals surface area contributed by atoms with Crippen LogP contribution >= 0.6 is 11.6 Å². The fourth-order valence-electron chi connectivity index (χ4n) is 2.17. The van der Waals surface area contributed by atoms with E-state index in [1.807, 2.05) is 24.3 Å². The third-order valence-corrected chi connectivity index (χ3v) is 3.57. The molecule has 0 saturated heterocycles. The molecule has 1 heterocycles. The number of anilines is 1. The summed E-state index contributed by atoms with van der Waals surface area (Å²) in [6, 6.07) is 14.4. The van der Waals surface area contributed by atoms with E-state index in [9.17, 15) is 4.79 Å². The normalized spacial score (nSPS) is 10.8. The minimum Gasteiger partial charge on any atom is -0.495 e. The predicted octanol–water partition coefficient (Wildman–Crippen LogP) is 3.72. The molecule has 1 amide bonds. The van der Waals surface area contributed by atoms with Gasteiger partial charge >= 0.3 is 0 Å². The molecule has 0 atom stereocenters. The van der Waals surface area contributed by atoms with Crippen LogP contribution in [0.1, 0.15) is 0 Å². The Kier molecular flexibility index (Phi) is 5.11. The van der Waals surface area contributed by atoms with Crippen LogP contribution in [0.25, 0.3) is 17.6 Å². The zero-order valence-electron chi connectivity index (χ0n) is 13.4. The molecule has 6 nitrogen and oxygen atoms in total. The molecule has 0 saturated carbocycles. The van der Waals surface area contributed by atoms with E-state index in [-0.39, 0.29) is 5.91 Å². The average molecular weight is 355 g/mol. The Bertz CT molecular complexity index is 921. The molecule has 0 aliphatic rings. The van der Waals surface area contributed by atoms with Gasteiger partial charge in [-0.05, 0) is 24.3 Å². The van der Waals surface area contributed by atoms with Gasteiger partial charge in [-0.25, -0.2) is 9.67 Å². The van der Waals surface area contributed by atoms with Gasteiger partial charge in [0.25, 0.3) is 0 Å². The molecular formula is C18H15ClN4O2. The van der Waals surface area contributed by atoms with Crippen LogP contribution in [0.15, 0.2) is 60.9 Å². The number of ether oxygens (including phenoxy) is 1. The minimum atomic E-state index is -0.302. The highest BCUT2D eigenvalue weighted by Crippen LogP contribution is 2.23. The number of carbonyl (C=O) groups is 1. The molecule has 0 radical (unpaired) electrons. The molecule has 2 aromatic carbocycles. The molecule has 126 valence electrons. The van der Waals surface area contributed by atoms with Crippen LogP contribution in [-0.4, -0.2) is 27.8 Å². The van der Waals surface area contributed by atoms with E-state index >= 15 is 0 Å². The summed E-state index contributed by atoms with van der Waals surface area (Å²) in [5.74, 6) is 0.815. The van der Waals surface area contributed by atoms with Crippen molar-refractivity contribution < 1.29 is 9.53 Å². The lowest BCUT2D eigenvalue weighted by molar-refractivity contribution is -0.111. The Morgan fingerprint density at radius 3 is 2.88 bits per heavy atom. The van der Waals surface area contributed by atoms with Gasteiger partial charge in [-0.1, -0.05) is 35.9 Å². The molecule has 0 fully saturated rings. The molecule has 3 rings (SSSR count). The van der Waals surface area contributed by atoms with E-state index in [0.29, 0.717) is 22.3 Å². The van der Waals surface area contributed by atoms with E-state index in [1.54, 1.807) is 31.4 Å². The molecule has 0 bridgehead atoms. The summed E-state index contributed by atoms with van der Waals surface area (Å²) in [4.78, 5) is 16.3. The van der Waals surface area contributed by atoms with Crippen molar-refractivity contribution in [2.45, 2.75) is 0 Å². The molecule has 0 aliphatic heterocycles. The number of nitrogens with zero attached hydrogens (tertiary/aromatic N) is 3. The van der Waals surface area contributed by atoms with Gasteiger partial charge in [-0.15, -0.1) is 5.10 Å². The van der Waals surface area contributed by atoms with Crippen LogP contribution < -0.4 is 10.1 Å². The monoisotopic (exact) mass is 354 g/mol. The van der Waals surface area contributed by atoms with Crippen molar-refractivity contribution in [1.82, 2.24) is 14.8 Å². The third-order valence-electron chi connectivity index (χ3n) is 3.33. The number of benzene rings is 2. The van der Waals surface area contributed by atoms with Crippen LogP contribution in [-0.2, 0) is 4.79 Å². The molecule has 0 spiro atoms. The molecule has 1 aromatic heterocycles. The molecule has 0 unspecified atom stereocenters. The molecule has 25 heavy (non-hydrogen) atoms. The van der Waals surface area contributed by atoms with Crippen LogP contribution in [0.4, 0.5) is 5.69 Å². The highest BCUT2D eigenvalue weighted by molar-refractivity contribution is 6.30. The van der Waals surface area contributed by atoms with Crippen molar-refractivity contribution in [3.05, 3.63) is 66.0 Å². The first kappa shape index (κ1) is 16.7. The van der Waals surface area contributed by atoms with E-state index in [4.69, 9.17) is 16.3 Å². The first-order valence-corrected chi connectivity index (χ1v) is 7.83.